The van der Waals surface area contributed by atoms with Gasteiger partial charge in [-0.3, -0.25) is 9.98 Å². The predicted octanol–water partition coefficient (Wildman–Crippen LogP) is 8.00. The molecule has 2 N–H and O–H groups in total. The summed E-state index contributed by atoms with van der Waals surface area (Å²) in [5, 5.41) is 24.2. The number of rotatable bonds is 7. The van der Waals surface area contributed by atoms with Crippen molar-refractivity contribution in [1.82, 2.24) is 0 Å². The molecule has 4 aromatic rings. The summed E-state index contributed by atoms with van der Waals surface area (Å²) in [6, 6.07) is 26.2. The molecular weight excluding hydrogens is 480 g/mol. The Balaban J connectivity index is 1.66. The third kappa shape index (κ3) is 6.75. The van der Waals surface area contributed by atoms with Crippen LogP contribution in [0.4, 0.5) is 0 Å². The number of phenols is 2. The Labute approximate surface area is 232 Å². The first-order valence-electron chi connectivity index (χ1n) is 13.6. The molecule has 4 aromatic carbocycles. The van der Waals surface area contributed by atoms with Gasteiger partial charge in [0, 0.05) is 23.6 Å². The van der Waals surface area contributed by atoms with E-state index in [9.17, 15) is 10.2 Å². The standard InChI is InChI=1S/C35H40N2O2/c1-34(2,3)30-18-10-15-26(32(30)38)21-36-23-28(20-25-14-9-13-24-12-7-8-17-29(24)25)37-22-27-16-11-19-31(33(27)39)35(4,5)6/h7-19,21-22,28,38-39H,20,23H2,1-6H3/t28-/m0/s1. The SMILES string of the molecule is CC(C)(C)c1cccc(C=NC[C@H](Cc2cccc3ccccc23)N=Cc2cccc(C(C)(C)C)c2O)c1O. The Bertz CT molecular complexity index is 1500. The molecule has 0 aliphatic heterocycles. The second-order valence-electron chi connectivity index (χ2n) is 12.3. The molecule has 4 rings (SSSR count). The van der Waals surface area contributed by atoms with Gasteiger partial charge in [-0.25, -0.2) is 0 Å². The van der Waals surface area contributed by atoms with E-state index in [0.29, 0.717) is 24.1 Å². The number of nitrogens with zero attached hydrogens (tertiary/aromatic N) is 2. The molecule has 4 heteroatoms. The molecule has 0 aromatic heterocycles. The van der Waals surface area contributed by atoms with Gasteiger partial charge < -0.3 is 10.2 Å². The lowest BCUT2D eigenvalue weighted by Gasteiger charge is -2.21. The highest BCUT2D eigenvalue weighted by Crippen LogP contribution is 2.33. The van der Waals surface area contributed by atoms with Gasteiger partial charge in [0.25, 0.3) is 0 Å². The zero-order valence-corrected chi connectivity index (χ0v) is 23.9. The Hall–Kier alpha value is -3.92. The number of hydrogen-bond acceptors (Lipinski definition) is 4. The number of benzene rings is 4. The van der Waals surface area contributed by atoms with Gasteiger partial charge >= 0.3 is 0 Å². The Kier molecular flexibility index (Phi) is 8.25. The summed E-state index contributed by atoms with van der Waals surface area (Å²) in [7, 11) is 0. The molecule has 0 aliphatic rings. The molecule has 0 radical (unpaired) electrons. The third-order valence-electron chi connectivity index (χ3n) is 7.06. The van der Waals surface area contributed by atoms with Crippen molar-refractivity contribution in [2.45, 2.75) is 64.8 Å². The highest BCUT2D eigenvalue weighted by Gasteiger charge is 2.20. The number of aliphatic imine (C=N–C) groups is 2. The normalized spacial score (nSPS) is 13.5. The Morgan fingerprint density at radius 1 is 0.667 bits per heavy atom. The van der Waals surface area contributed by atoms with E-state index in [2.05, 4.69) is 84.0 Å². The molecule has 0 unspecified atom stereocenters. The minimum atomic E-state index is -0.176. The summed E-state index contributed by atoms with van der Waals surface area (Å²) in [5.41, 5.74) is 4.05. The van der Waals surface area contributed by atoms with E-state index < -0.39 is 0 Å². The first-order valence-corrected chi connectivity index (χ1v) is 13.6. The fourth-order valence-corrected chi connectivity index (χ4v) is 4.89. The lowest BCUT2D eigenvalue weighted by atomic mass is 9.85. The topological polar surface area (TPSA) is 65.2 Å². The first kappa shape index (κ1) is 28.1. The van der Waals surface area contributed by atoms with Crippen molar-refractivity contribution in [2.75, 3.05) is 6.54 Å². The van der Waals surface area contributed by atoms with E-state index in [-0.39, 0.29) is 28.4 Å². The van der Waals surface area contributed by atoms with Crippen LogP contribution in [0.1, 0.15) is 69.4 Å². The molecule has 202 valence electrons. The number of aromatic hydroxyl groups is 2. The van der Waals surface area contributed by atoms with Gasteiger partial charge in [0.05, 0.1) is 12.6 Å². The van der Waals surface area contributed by atoms with Crippen LogP contribution in [0.5, 0.6) is 11.5 Å². The fourth-order valence-electron chi connectivity index (χ4n) is 4.89. The van der Waals surface area contributed by atoms with E-state index in [0.717, 1.165) is 11.1 Å². The summed E-state index contributed by atoms with van der Waals surface area (Å²) in [6.07, 6.45) is 4.21. The molecule has 0 amide bonds. The minimum absolute atomic E-state index is 0.155. The minimum Gasteiger partial charge on any atom is -0.507 e. The van der Waals surface area contributed by atoms with Crippen molar-refractivity contribution in [2.24, 2.45) is 9.98 Å². The predicted molar refractivity (Wildman–Crippen MR) is 165 cm³/mol. The first-order chi connectivity index (χ1) is 18.4. The van der Waals surface area contributed by atoms with Gasteiger partial charge in [-0.15, -0.1) is 0 Å². The summed E-state index contributed by atoms with van der Waals surface area (Å²) in [5.74, 6) is 0.539. The van der Waals surface area contributed by atoms with Gasteiger partial charge in [0.2, 0.25) is 0 Å². The van der Waals surface area contributed by atoms with Crippen LogP contribution in [0, 0.1) is 0 Å². The van der Waals surface area contributed by atoms with Crippen LogP contribution in [0.25, 0.3) is 10.8 Å². The summed E-state index contributed by atoms with van der Waals surface area (Å²) >= 11 is 0. The van der Waals surface area contributed by atoms with Crippen molar-refractivity contribution in [3.05, 3.63) is 107 Å². The van der Waals surface area contributed by atoms with Gasteiger partial charge in [-0.05, 0) is 56.8 Å². The highest BCUT2D eigenvalue weighted by atomic mass is 16.3. The molecule has 39 heavy (non-hydrogen) atoms. The molecule has 0 saturated heterocycles. The van der Waals surface area contributed by atoms with E-state index in [4.69, 9.17) is 9.98 Å². The monoisotopic (exact) mass is 520 g/mol. The molecule has 0 heterocycles. The van der Waals surface area contributed by atoms with Crippen molar-refractivity contribution in [1.29, 1.82) is 0 Å². The summed E-state index contributed by atoms with van der Waals surface area (Å²) in [6.45, 7) is 13.0. The molecule has 4 nitrogen and oxygen atoms in total. The van der Waals surface area contributed by atoms with E-state index >= 15 is 0 Å². The van der Waals surface area contributed by atoms with E-state index in [1.807, 2.05) is 36.4 Å². The lowest BCUT2D eigenvalue weighted by Crippen LogP contribution is -2.15. The molecule has 0 aliphatic carbocycles. The van der Waals surface area contributed by atoms with Gasteiger partial charge in [0.15, 0.2) is 0 Å². The third-order valence-corrected chi connectivity index (χ3v) is 7.06. The van der Waals surface area contributed by atoms with E-state index in [1.54, 1.807) is 12.4 Å². The van der Waals surface area contributed by atoms with Crippen molar-refractivity contribution in [3.8, 4) is 11.5 Å². The molecular formula is C35H40N2O2. The van der Waals surface area contributed by atoms with Crippen LogP contribution in [-0.2, 0) is 17.3 Å². The molecule has 1 atom stereocenters. The molecule has 0 saturated carbocycles. The van der Waals surface area contributed by atoms with Gasteiger partial charge in [-0.2, -0.15) is 0 Å². The van der Waals surface area contributed by atoms with Crippen molar-refractivity contribution < 1.29 is 10.2 Å². The maximum absolute atomic E-state index is 11.0. The average Bonchev–Trinajstić information content (AvgIpc) is 2.87. The summed E-state index contributed by atoms with van der Waals surface area (Å²) in [4.78, 5) is 9.66. The zero-order chi connectivity index (χ0) is 28.2. The van der Waals surface area contributed by atoms with Crippen LogP contribution in [-0.4, -0.2) is 35.2 Å². The number of phenolic OH excluding ortho intramolecular Hbond substituents is 2. The molecule has 0 fully saturated rings. The lowest BCUT2D eigenvalue weighted by molar-refractivity contribution is 0.445. The van der Waals surface area contributed by atoms with Gasteiger partial charge in [0.1, 0.15) is 11.5 Å². The second kappa shape index (κ2) is 11.4. The number of fused-ring (bicyclic) bond motifs is 1. The van der Waals surface area contributed by atoms with Crippen LogP contribution in [0.2, 0.25) is 0 Å². The number of hydrogen-bond donors (Lipinski definition) is 2. The maximum Gasteiger partial charge on any atom is 0.128 e. The average molecular weight is 521 g/mol. The molecule has 0 spiro atoms. The largest absolute Gasteiger partial charge is 0.507 e. The zero-order valence-electron chi connectivity index (χ0n) is 23.9. The molecule has 0 bridgehead atoms. The van der Waals surface area contributed by atoms with Crippen LogP contribution in [0.15, 0.2) is 88.8 Å². The second-order valence-corrected chi connectivity index (χ2v) is 12.3. The van der Waals surface area contributed by atoms with Crippen LogP contribution >= 0.6 is 0 Å². The number of para-hydroxylation sites is 2. The van der Waals surface area contributed by atoms with Crippen molar-refractivity contribution in [3.63, 3.8) is 0 Å². The van der Waals surface area contributed by atoms with Gasteiger partial charge in [-0.1, -0.05) is 108 Å². The maximum atomic E-state index is 11.0. The smallest absolute Gasteiger partial charge is 0.128 e. The Morgan fingerprint density at radius 2 is 1.21 bits per heavy atom. The fraction of sp³-hybridized carbons (Fsp3) is 0.314. The van der Waals surface area contributed by atoms with Crippen molar-refractivity contribution >= 4 is 23.2 Å². The van der Waals surface area contributed by atoms with E-state index in [1.165, 1.54) is 16.3 Å². The summed E-state index contributed by atoms with van der Waals surface area (Å²) < 4.78 is 0. The quantitative estimate of drug-likeness (QED) is 0.243. The van der Waals surface area contributed by atoms with Crippen LogP contribution in [0.3, 0.4) is 0 Å². The highest BCUT2D eigenvalue weighted by molar-refractivity contribution is 5.87. The Morgan fingerprint density at radius 3 is 1.82 bits per heavy atom. The van der Waals surface area contributed by atoms with Crippen LogP contribution < -0.4 is 0 Å².